The maximum absolute atomic E-state index is 10.8. The van der Waals surface area contributed by atoms with E-state index < -0.39 is 5.97 Å². The zero-order valence-corrected chi connectivity index (χ0v) is 12.0. The molecule has 7 nitrogen and oxygen atoms in total. The van der Waals surface area contributed by atoms with Crippen LogP contribution in [-0.2, 0) is 11.3 Å². The predicted octanol–water partition coefficient (Wildman–Crippen LogP) is 1.95. The number of benzene rings is 1. The van der Waals surface area contributed by atoms with E-state index in [1.165, 1.54) is 11.8 Å². The highest BCUT2D eigenvalue weighted by atomic mass is 32.2. The number of carboxylic acids is 1. The molecule has 0 aliphatic heterocycles. The van der Waals surface area contributed by atoms with Crippen molar-refractivity contribution in [1.29, 1.82) is 0 Å². The van der Waals surface area contributed by atoms with Gasteiger partial charge >= 0.3 is 5.97 Å². The average Bonchev–Trinajstić information content (AvgIpc) is 3.01. The molecule has 0 bridgehead atoms. The summed E-state index contributed by atoms with van der Waals surface area (Å²) in [6, 6.07) is 7.61. The van der Waals surface area contributed by atoms with Crippen molar-refractivity contribution in [2.45, 2.75) is 18.6 Å². The molecule has 3 aromatic rings. The molecule has 1 aromatic carbocycles. The zero-order chi connectivity index (χ0) is 14.8. The summed E-state index contributed by atoms with van der Waals surface area (Å²) in [5, 5.41) is 13.2. The number of thioether (sulfide) groups is 1. The van der Waals surface area contributed by atoms with Crippen molar-refractivity contribution >= 4 is 28.8 Å². The molecule has 3 rings (SSSR count). The summed E-state index contributed by atoms with van der Waals surface area (Å²) in [5.41, 5.74) is 1.71. The highest BCUT2D eigenvalue weighted by molar-refractivity contribution is 7.99. The Hall–Kier alpha value is -2.35. The van der Waals surface area contributed by atoms with E-state index in [1.807, 2.05) is 28.8 Å². The van der Waals surface area contributed by atoms with Gasteiger partial charge in [0, 0.05) is 0 Å². The molecule has 0 saturated heterocycles. The second-order valence-electron chi connectivity index (χ2n) is 4.39. The Kier molecular flexibility index (Phi) is 3.61. The summed E-state index contributed by atoms with van der Waals surface area (Å²) < 4.78 is 7.02. The molecular weight excluding hydrogens is 292 g/mol. The summed E-state index contributed by atoms with van der Waals surface area (Å²) in [6.45, 7) is 2.11. The van der Waals surface area contributed by atoms with Crippen molar-refractivity contribution in [1.82, 2.24) is 19.7 Å². The van der Waals surface area contributed by atoms with E-state index >= 15 is 0 Å². The van der Waals surface area contributed by atoms with Crippen LogP contribution in [0.25, 0.3) is 11.0 Å². The second-order valence-corrected chi connectivity index (χ2v) is 5.33. The fourth-order valence-electron chi connectivity index (χ4n) is 1.98. The van der Waals surface area contributed by atoms with Gasteiger partial charge in [0.2, 0.25) is 5.89 Å². The lowest BCUT2D eigenvalue weighted by Gasteiger charge is -2.04. The van der Waals surface area contributed by atoms with Gasteiger partial charge in [0.05, 0.1) is 16.8 Å². The van der Waals surface area contributed by atoms with Crippen LogP contribution in [-0.4, -0.2) is 36.5 Å². The van der Waals surface area contributed by atoms with Crippen LogP contribution in [0.15, 0.2) is 33.9 Å². The average molecular weight is 304 g/mol. The molecule has 2 aromatic heterocycles. The molecule has 0 atom stereocenters. The van der Waals surface area contributed by atoms with E-state index in [0.717, 1.165) is 11.0 Å². The van der Waals surface area contributed by atoms with Gasteiger partial charge in [-0.15, -0.1) is 0 Å². The molecular formula is C13H12N4O3S. The van der Waals surface area contributed by atoms with E-state index in [0.29, 0.717) is 23.4 Å². The predicted molar refractivity (Wildman–Crippen MR) is 76.2 cm³/mol. The number of carboxylic acid groups (broad SMARTS) is 1. The van der Waals surface area contributed by atoms with Crippen molar-refractivity contribution in [2.24, 2.45) is 0 Å². The maximum Gasteiger partial charge on any atom is 0.313 e. The lowest BCUT2D eigenvalue weighted by molar-refractivity contribution is -0.133. The Balaban J connectivity index is 2.00. The van der Waals surface area contributed by atoms with Gasteiger partial charge in [-0.3, -0.25) is 4.79 Å². The van der Waals surface area contributed by atoms with Gasteiger partial charge in [0.15, 0.2) is 11.0 Å². The SMILES string of the molecule is Cc1noc(Cn2c(SCC(=O)O)nc3ccccc32)n1. The number of aromatic nitrogens is 4. The van der Waals surface area contributed by atoms with Crippen molar-refractivity contribution in [3.8, 4) is 0 Å². The number of rotatable bonds is 5. The van der Waals surface area contributed by atoms with Crippen LogP contribution in [0, 0.1) is 6.92 Å². The molecule has 1 N–H and O–H groups in total. The molecule has 0 aliphatic carbocycles. The maximum atomic E-state index is 10.8. The largest absolute Gasteiger partial charge is 0.481 e. The Bertz CT molecular complexity index is 796. The van der Waals surface area contributed by atoms with Gasteiger partial charge in [0.1, 0.15) is 6.54 Å². The quantitative estimate of drug-likeness (QED) is 0.720. The first-order chi connectivity index (χ1) is 10.1. The number of fused-ring (bicyclic) bond motifs is 1. The van der Waals surface area contributed by atoms with E-state index in [1.54, 1.807) is 6.92 Å². The highest BCUT2D eigenvalue weighted by Gasteiger charge is 2.15. The number of para-hydroxylation sites is 2. The molecule has 0 amide bonds. The second kappa shape index (κ2) is 5.57. The van der Waals surface area contributed by atoms with Crippen molar-refractivity contribution in [3.63, 3.8) is 0 Å². The van der Waals surface area contributed by atoms with E-state index in [4.69, 9.17) is 9.63 Å². The summed E-state index contributed by atoms with van der Waals surface area (Å²) in [5.74, 6) is 0.0980. The molecule has 0 spiro atoms. The van der Waals surface area contributed by atoms with Crippen LogP contribution in [0.4, 0.5) is 0 Å². The summed E-state index contributed by atoms with van der Waals surface area (Å²) in [4.78, 5) is 19.4. The van der Waals surface area contributed by atoms with Crippen LogP contribution < -0.4 is 0 Å². The molecule has 0 aliphatic rings. The minimum absolute atomic E-state index is 0.0494. The molecule has 21 heavy (non-hydrogen) atoms. The highest BCUT2D eigenvalue weighted by Crippen LogP contribution is 2.24. The number of imidazole rings is 1. The molecule has 108 valence electrons. The molecule has 0 saturated carbocycles. The monoisotopic (exact) mass is 304 g/mol. The van der Waals surface area contributed by atoms with Crippen LogP contribution in [0.5, 0.6) is 0 Å². The first kappa shape index (κ1) is 13.6. The minimum atomic E-state index is -0.882. The van der Waals surface area contributed by atoms with Crippen molar-refractivity contribution in [2.75, 3.05) is 5.75 Å². The van der Waals surface area contributed by atoms with Gasteiger partial charge in [-0.1, -0.05) is 29.1 Å². The Morgan fingerprint density at radius 3 is 2.90 bits per heavy atom. The van der Waals surface area contributed by atoms with Crippen molar-refractivity contribution in [3.05, 3.63) is 36.0 Å². The summed E-state index contributed by atoms with van der Waals surface area (Å²) >= 11 is 1.17. The van der Waals surface area contributed by atoms with E-state index in [2.05, 4.69) is 15.1 Å². The molecule has 0 radical (unpaired) electrons. The third-order valence-electron chi connectivity index (χ3n) is 2.81. The van der Waals surface area contributed by atoms with E-state index in [-0.39, 0.29) is 5.75 Å². The Morgan fingerprint density at radius 2 is 2.19 bits per heavy atom. The number of nitrogens with zero attached hydrogens (tertiary/aromatic N) is 4. The van der Waals surface area contributed by atoms with Crippen LogP contribution >= 0.6 is 11.8 Å². The molecule has 0 fully saturated rings. The summed E-state index contributed by atoms with van der Waals surface area (Å²) in [7, 11) is 0. The number of hydrogen-bond acceptors (Lipinski definition) is 6. The smallest absolute Gasteiger partial charge is 0.313 e. The fraction of sp³-hybridized carbons (Fsp3) is 0.231. The van der Waals surface area contributed by atoms with E-state index in [9.17, 15) is 4.79 Å². The van der Waals surface area contributed by atoms with Crippen LogP contribution in [0.2, 0.25) is 0 Å². The minimum Gasteiger partial charge on any atom is -0.481 e. The zero-order valence-electron chi connectivity index (χ0n) is 11.2. The van der Waals surface area contributed by atoms with Gasteiger partial charge in [-0.05, 0) is 19.1 Å². The Morgan fingerprint density at radius 1 is 1.38 bits per heavy atom. The number of aliphatic carboxylic acids is 1. The Labute approximate surface area is 124 Å². The number of hydrogen-bond donors (Lipinski definition) is 1. The lowest BCUT2D eigenvalue weighted by Crippen LogP contribution is -2.04. The first-order valence-corrected chi connectivity index (χ1v) is 7.21. The molecule has 8 heteroatoms. The summed E-state index contributed by atoms with van der Waals surface area (Å²) in [6.07, 6.45) is 0. The van der Waals surface area contributed by atoms with Gasteiger partial charge in [-0.25, -0.2) is 4.98 Å². The third-order valence-corrected chi connectivity index (χ3v) is 3.77. The normalized spacial score (nSPS) is 11.1. The van der Waals surface area contributed by atoms with Gasteiger partial charge in [-0.2, -0.15) is 4.98 Å². The molecule has 0 unspecified atom stereocenters. The van der Waals surface area contributed by atoms with Crippen molar-refractivity contribution < 1.29 is 14.4 Å². The fourth-order valence-corrected chi connectivity index (χ4v) is 2.72. The number of aryl methyl sites for hydroxylation is 1. The standard InChI is InChI=1S/C13H12N4O3S/c1-8-14-11(20-16-8)6-17-10-5-3-2-4-9(10)15-13(17)21-7-12(18)19/h2-5H,6-7H2,1H3,(H,18,19). The molecule has 2 heterocycles. The van der Waals surface area contributed by atoms with Crippen LogP contribution in [0.3, 0.4) is 0 Å². The van der Waals surface area contributed by atoms with Gasteiger partial charge < -0.3 is 14.2 Å². The number of carbonyl (C=O) groups is 1. The first-order valence-electron chi connectivity index (χ1n) is 6.22. The topological polar surface area (TPSA) is 94.0 Å². The van der Waals surface area contributed by atoms with Crippen LogP contribution in [0.1, 0.15) is 11.7 Å². The van der Waals surface area contributed by atoms with Gasteiger partial charge in [0.25, 0.3) is 0 Å². The third kappa shape index (κ3) is 2.89. The lowest BCUT2D eigenvalue weighted by atomic mass is 10.3.